The lowest BCUT2D eigenvalue weighted by Gasteiger charge is -2.07. The van der Waals surface area contributed by atoms with E-state index in [1.54, 1.807) is 0 Å². The Labute approximate surface area is 134 Å². The molecule has 4 rings (SSSR count). The molecule has 0 bridgehead atoms. The third kappa shape index (κ3) is 3.05. The highest BCUT2D eigenvalue weighted by Crippen LogP contribution is 2.21. The molecule has 1 aliphatic heterocycles. The van der Waals surface area contributed by atoms with E-state index in [2.05, 4.69) is 20.5 Å². The van der Waals surface area contributed by atoms with Crippen LogP contribution in [0.25, 0.3) is 11.4 Å². The summed E-state index contributed by atoms with van der Waals surface area (Å²) in [5, 5.41) is 11.7. The molecule has 0 aliphatic carbocycles. The Kier molecular flexibility index (Phi) is 3.70. The lowest BCUT2D eigenvalue weighted by molar-refractivity contribution is 0.306. The molecule has 0 radical (unpaired) electrons. The molecular weight excluding hydrogens is 288 g/mol. The van der Waals surface area contributed by atoms with E-state index in [1.807, 2.05) is 54.6 Å². The van der Waals surface area contributed by atoms with Gasteiger partial charge in [-0.3, -0.25) is 0 Å². The van der Waals surface area contributed by atoms with Crippen molar-refractivity contribution >= 4 is 0 Å². The highest BCUT2D eigenvalue weighted by atomic mass is 16.5. The number of benzene rings is 2. The van der Waals surface area contributed by atoms with E-state index in [-0.39, 0.29) is 0 Å². The van der Waals surface area contributed by atoms with Crippen molar-refractivity contribution in [1.82, 2.24) is 20.5 Å². The quantitative estimate of drug-likeness (QED) is 0.803. The SMILES string of the molecule is c1ccc(COc2ccc(-c3nnc4c(n3)CNC4)cc2)cc1. The Morgan fingerprint density at radius 3 is 2.48 bits per heavy atom. The molecule has 0 saturated heterocycles. The van der Waals surface area contributed by atoms with Gasteiger partial charge in [0.05, 0.1) is 11.4 Å². The van der Waals surface area contributed by atoms with Crippen LogP contribution in [0, 0.1) is 0 Å². The van der Waals surface area contributed by atoms with Crippen LogP contribution in [-0.4, -0.2) is 15.2 Å². The van der Waals surface area contributed by atoms with Crippen LogP contribution >= 0.6 is 0 Å². The first kappa shape index (κ1) is 13.8. The Balaban J connectivity index is 1.47. The lowest BCUT2D eigenvalue weighted by atomic mass is 10.2. The minimum atomic E-state index is 0.558. The van der Waals surface area contributed by atoms with Crippen molar-refractivity contribution in [2.75, 3.05) is 0 Å². The second kappa shape index (κ2) is 6.14. The number of rotatable bonds is 4. The second-order valence-corrected chi connectivity index (χ2v) is 5.43. The summed E-state index contributed by atoms with van der Waals surface area (Å²) in [6.07, 6.45) is 0. The van der Waals surface area contributed by atoms with E-state index in [0.29, 0.717) is 12.4 Å². The fraction of sp³-hybridized carbons (Fsp3) is 0.167. The van der Waals surface area contributed by atoms with Crippen molar-refractivity contribution in [2.24, 2.45) is 0 Å². The van der Waals surface area contributed by atoms with Crippen LogP contribution in [0.15, 0.2) is 54.6 Å². The fourth-order valence-electron chi connectivity index (χ4n) is 2.52. The van der Waals surface area contributed by atoms with Crippen LogP contribution in [0.1, 0.15) is 17.0 Å². The van der Waals surface area contributed by atoms with Crippen LogP contribution < -0.4 is 10.1 Å². The van der Waals surface area contributed by atoms with Crippen LogP contribution in [-0.2, 0) is 19.7 Å². The molecular formula is C18H16N4O. The maximum atomic E-state index is 5.79. The van der Waals surface area contributed by atoms with Gasteiger partial charge in [0.25, 0.3) is 0 Å². The average Bonchev–Trinajstić information content (AvgIpc) is 3.09. The summed E-state index contributed by atoms with van der Waals surface area (Å²) in [4.78, 5) is 4.57. The fourth-order valence-corrected chi connectivity index (χ4v) is 2.52. The molecule has 3 aromatic rings. The van der Waals surface area contributed by atoms with Gasteiger partial charge in [-0.15, -0.1) is 5.10 Å². The van der Waals surface area contributed by atoms with Gasteiger partial charge in [0.15, 0.2) is 5.82 Å². The number of hydrogen-bond acceptors (Lipinski definition) is 5. The van der Waals surface area contributed by atoms with E-state index < -0.39 is 0 Å². The van der Waals surface area contributed by atoms with Gasteiger partial charge in [-0.05, 0) is 29.8 Å². The number of ether oxygens (including phenoxy) is 1. The van der Waals surface area contributed by atoms with Gasteiger partial charge in [-0.1, -0.05) is 30.3 Å². The summed E-state index contributed by atoms with van der Waals surface area (Å²) < 4.78 is 5.79. The predicted octanol–water partition coefficient (Wildman–Crippen LogP) is 2.72. The maximum Gasteiger partial charge on any atom is 0.182 e. The van der Waals surface area contributed by atoms with Gasteiger partial charge in [0.1, 0.15) is 12.4 Å². The second-order valence-electron chi connectivity index (χ2n) is 5.43. The molecule has 2 heterocycles. The molecule has 0 saturated carbocycles. The molecule has 2 aromatic carbocycles. The number of nitrogens with zero attached hydrogens (tertiary/aromatic N) is 3. The molecule has 0 atom stereocenters. The van der Waals surface area contributed by atoms with Crippen molar-refractivity contribution < 1.29 is 4.74 Å². The van der Waals surface area contributed by atoms with E-state index >= 15 is 0 Å². The minimum absolute atomic E-state index is 0.558. The molecule has 23 heavy (non-hydrogen) atoms. The van der Waals surface area contributed by atoms with Gasteiger partial charge < -0.3 is 10.1 Å². The van der Waals surface area contributed by atoms with Crippen molar-refractivity contribution in [2.45, 2.75) is 19.7 Å². The van der Waals surface area contributed by atoms with Crippen molar-refractivity contribution in [3.05, 3.63) is 71.5 Å². The predicted molar refractivity (Wildman–Crippen MR) is 86.6 cm³/mol. The zero-order valence-corrected chi connectivity index (χ0v) is 12.6. The van der Waals surface area contributed by atoms with Crippen LogP contribution in [0.3, 0.4) is 0 Å². The highest BCUT2D eigenvalue weighted by molar-refractivity contribution is 5.56. The number of fused-ring (bicyclic) bond motifs is 1. The Bertz CT molecular complexity index is 803. The summed E-state index contributed by atoms with van der Waals surface area (Å²) in [7, 11) is 0. The van der Waals surface area contributed by atoms with Crippen LogP contribution in [0.5, 0.6) is 5.75 Å². The first-order valence-corrected chi connectivity index (χ1v) is 7.59. The first-order valence-electron chi connectivity index (χ1n) is 7.59. The van der Waals surface area contributed by atoms with Crippen LogP contribution in [0.2, 0.25) is 0 Å². The molecule has 1 aromatic heterocycles. The average molecular weight is 304 g/mol. The maximum absolute atomic E-state index is 5.79. The molecule has 0 unspecified atom stereocenters. The van der Waals surface area contributed by atoms with Crippen molar-refractivity contribution in [1.29, 1.82) is 0 Å². The summed E-state index contributed by atoms with van der Waals surface area (Å²) in [5.74, 6) is 1.48. The van der Waals surface area contributed by atoms with Gasteiger partial charge in [0.2, 0.25) is 0 Å². The summed E-state index contributed by atoms with van der Waals surface area (Å²) in [6, 6.07) is 17.9. The highest BCUT2D eigenvalue weighted by Gasteiger charge is 2.15. The number of hydrogen-bond donors (Lipinski definition) is 1. The van der Waals surface area contributed by atoms with Crippen molar-refractivity contribution in [3.8, 4) is 17.1 Å². The lowest BCUT2D eigenvalue weighted by Crippen LogP contribution is -2.00. The van der Waals surface area contributed by atoms with E-state index in [0.717, 1.165) is 41.4 Å². The standard InChI is InChI=1S/C18H16N4O/c1-2-4-13(5-3-1)12-23-15-8-6-14(7-9-15)18-20-16-10-19-11-17(16)21-22-18/h1-9,19H,10-12H2. The third-order valence-electron chi connectivity index (χ3n) is 3.79. The first-order chi connectivity index (χ1) is 11.4. The monoisotopic (exact) mass is 304 g/mol. The van der Waals surface area contributed by atoms with E-state index in [4.69, 9.17) is 4.74 Å². The van der Waals surface area contributed by atoms with Gasteiger partial charge in [-0.25, -0.2) is 4.98 Å². The normalized spacial score (nSPS) is 12.9. The van der Waals surface area contributed by atoms with Gasteiger partial charge in [-0.2, -0.15) is 5.10 Å². The number of nitrogens with one attached hydrogen (secondary N) is 1. The molecule has 1 N–H and O–H groups in total. The molecule has 114 valence electrons. The van der Waals surface area contributed by atoms with E-state index in [1.165, 1.54) is 0 Å². The molecule has 0 spiro atoms. The number of aromatic nitrogens is 3. The molecule has 5 nitrogen and oxygen atoms in total. The molecule has 5 heteroatoms. The Morgan fingerprint density at radius 1 is 0.870 bits per heavy atom. The molecule has 0 fully saturated rings. The summed E-state index contributed by atoms with van der Waals surface area (Å²) in [6.45, 7) is 2.07. The third-order valence-corrected chi connectivity index (χ3v) is 3.79. The molecule has 1 aliphatic rings. The minimum Gasteiger partial charge on any atom is -0.489 e. The molecule has 0 amide bonds. The Morgan fingerprint density at radius 2 is 1.65 bits per heavy atom. The smallest absolute Gasteiger partial charge is 0.182 e. The van der Waals surface area contributed by atoms with Gasteiger partial charge >= 0.3 is 0 Å². The zero-order chi connectivity index (χ0) is 15.5. The van der Waals surface area contributed by atoms with Gasteiger partial charge in [0, 0.05) is 18.7 Å². The Hall–Kier alpha value is -2.79. The largest absolute Gasteiger partial charge is 0.489 e. The summed E-state index contributed by atoms with van der Waals surface area (Å²) in [5.41, 5.74) is 4.02. The van der Waals surface area contributed by atoms with Crippen molar-refractivity contribution in [3.63, 3.8) is 0 Å². The van der Waals surface area contributed by atoms with Crippen LogP contribution in [0.4, 0.5) is 0 Å². The topological polar surface area (TPSA) is 59.9 Å². The summed E-state index contributed by atoms with van der Waals surface area (Å²) >= 11 is 0. The van der Waals surface area contributed by atoms with E-state index in [9.17, 15) is 0 Å². The zero-order valence-electron chi connectivity index (χ0n) is 12.6.